The van der Waals surface area contributed by atoms with Crippen molar-refractivity contribution in [3.63, 3.8) is 0 Å². The Morgan fingerprint density at radius 2 is 1.85 bits per heavy atom. The highest BCUT2D eigenvalue weighted by Gasteiger charge is 2.10. The van der Waals surface area contributed by atoms with Crippen molar-refractivity contribution in [2.24, 2.45) is 0 Å². The highest BCUT2D eigenvalue weighted by molar-refractivity contribution is 7.98. The molecule has 0 saturated heterocycles. The molecule has 4 heteroatoms. The van der Waals surface area contributed by atoms with E-state index in [1.165, 1.54) is 15.0 Å². The fourth-order valence-electron chi connectivity index (χ4n) is 2.08. The van der Waals surface area contributed by atoms with Crippen LogP contribution in [0.1, 0.15) is 15.9 Å². The van der Waals surface area contributed by atoms with Gasteiger partial charge in [0.1, 0.15) is 0 Å². The van der Waals surface area contributed by atoms with E-state index >= 15 is 0 Å². The molecule has 0 aliphatic carbocycles. The molecule has 0 unspecified atom stereocenters. The Hall–Kier alpha value is -1.78. The number of fused-ring (bicyclic) bond motifs is 1. The molecule has 3 aromatic rings. The Kier molecular flexibility index (Phi) is 3.76. The minimum atomic E-state index is -0.864. The van der Waals surface area contributed by atoms with Crippen LogP contribution in [0.15, 0.2) is 58.8 Å². The minimum absolute atomic E-state index is 0.388. The number of carbonyl (C=O) groups is 1. The maximum atomic E-state index is 11.2. The smallest absolute Gasteiger partial charge is 0.335 e. The normalized spacial score (nSPS) is 10.8. The quantitative estimate of drug-likeness (QED) is 0.697. The summed E-state index contributed by atoms with van der Waals surface area (Å²) in [5.74, 6) is -0.195. The van der Waals surface area contributed by atoms with E-state index in [1.54, 1.807) is 35.2 Å². The van der Waals surface area contributed by atoms with Crippen LogP contribution in [0.5, 0.6) is 0 Å². The number of thioether (sulfide) groups is 1. The molecule has 0 atom stereocenters. The molecule has 0 saturated carbocycles. The first kappa shape index (κ1) is 13.2. The number of benzene rings is 2. The number of aromatic carboxylic acids is 1. The lowest BCUT2D eigenvalue weighted by Crippen LogP contribution is -2.00. The fourth-order valence-corrected chi connectivity index (χ4v) is 4.28. The third-order valence-corrected chi connectivity index (χ3v) is 5.29. The van der Waals surface area contributed by atoms with Crippen LogP contribution in [0.4, 0.5) is 0 Å². The Bertz CT molecular complexity index is 762. The van der Waals surface area contributed by atoms with E-state index in [0.29, 0.717) is 11.3 Å². The van der Waals surface area contributed by atoms with Gasteiger partial charge in [-0.05, 0) is 17.7 Å². The third kappa shape index (κ3) is 2.57. The lowest BCUT2D eigenvalue weighted by atomic mass is 10.1. The highest BCUT2D eigenvalue weighted by Crippen LogP contribution is 2.35. The van der Waals surface area contributed by atoms with Crippen LogP contribution in [0, 0.1) is 0 Å². The Labute approximate surface area is 125 Å². The summed E-state index contributed by atoms with van der Waals surface area (Å²) in [7, 11) is 0. The zero-order valence-corrected chi connectivity index (χ0v) is 12.2. The van der Waals surface area contributed by atoms with Crippen molar-refractivity contribution in [3.8, 4) is 0 Å². The monoisotopic (exact) mass is 300 g/mol. The van der Waals surface area contributed by atoms with Gasteiger partial charge in [0.2, 0.25) is 0 Å². The average molecular weight is 300 g/mol. The van der Waals surface area contributed by atoms with Crippen LogP contribution in [-0.2, 0) is 5.75 Å². The van der Waals surface area contributed by atoms with Gasteiger partial charge >= 0.3 is 5.97 Å². The Balaban J connectivity index is 1.85. The van der Waals surface area contributed by atoms with Crippen molar-refractivity contribution in [3.05, 3.63) is 65.0 Å². The molecular formula is C16H12O2S2. The molecule has 0 spiro atoms. The van der Waals surface area contributed by atoms with Gasteiger partial charge in [-0.1, -0.05) is 36.4 Å². The number of carboxylic acids is 1. The third-order valence-electron chi connectivity index (χ3n) is 3.08. The lowest BCUT2D eigenvalue weighted by molar-refractivity contribution is 0.0696. The molecule has 100 valence electrons. The predicted octanol–water partition coefficient (Wildman–Crippen LogP) is 4.89. The van der Waals surface area contributed by atoms with Gasteiger partial charge < -0.3 is 5.11 Å². The lowest BCUT2D eigenvalue weighted by Gasteiger charge is -2.05. The number of hydrogen-bond donors (Lipinski definition) is 1. The highest BCUT2D eigenvalue weighted by atomic mass is 32.2. The van der Waals surface area contributed by atoms with Crippen molar-refractivity contribution in [2.45, 2.75) is 10.6 Å². The second-order valence-corrected chi connectivity index (χ2v) is 6.28. The van der Waals surface area contributed by atoms with Gasteiger partial charge in [0, 0.05) is 26.1 Å². The van der Waals surface area contributed by atoms with Gasteiger partial charge in [0.15, 0.2) is 0 Å². The molecule has 2 aromatic carbocycles. The summed E-state index contributed by atoms with van der Waals surface area (Å²) < 4.78 is 1.27. The van der Waals surface area contributed by atoms with Crippen molar-refractivity contribution in [1.82, 2.24) is 0 Å². The van der Waals surface area contributed by atoms with Crippen LogP contribution in [0.2, 0.25) is 0 Å². The van der Waals surface area contributed by atoms with E-state index in [9.17, 15) is 9.90 Å². The molecule has 3 rings (SSSR count). The molecule has 1 N–H and O–H groups in total. The van der Waals surface area contributed by atoms with Crippen molar-refractivity contribution < 1.29 is 9.90 Å². The number of rotatable bonds is 4. The van der Waals surface area contributed by atoms with Crippen LogP contribution in [0.25, 0.3) is 10.1 Å². The molecule has 1 aromatic heterocycles. The van der Waals surface area contributed by atoms with E-state index in [2.05, 4.69) is 17.5 Å². The van der Waals surface area contributed by atoms with E-state index < -0.39 is 5.97 Å². The number of hydrogen-bond acceptors (Lipinski definition) is 3. The minimum Gasteiger partial charge on any atom is -0.478 e. The summed E-state index contributed by atoms with van der Waals surface area (Å²) in [5.41, 5.74) is 1.25. The summed E-state index contributed by atoms with van der Waals surface area (Å²) in [6, 6.07) is 15.5. The van der Waals surface area contributed by atoms with Crippen LogP contribution in [-0.4, -0.2) is 11.1 Å². The van der Waals surface area contributed by atoms with E-state index in [1.807, 2.05) is 24.3 Å². The van der Waals surface area contributed by atoms with E-state index in [0.717, 1.165) is 5.56 Å². The molecule has 1 heterocycles. The van der Waals surface area contributed by atoms with Crippen LogP contribution < -0.4 is 0 Å². The molecule has 2 nitrogen and oxygen atoms in total. The summed E-state index contributed by atoms with van der Waals surface area (Å²) >= 11 is 3.41. The molecule has 0 bridgehead atoms. The van der Waals surface area contributed by atoms with Crippen LogP contribution >= 0.6 is 23.1 Å². The summed E-state index contributed by atoms with van der Waals surface area (Å²) in [6.07, 6.45) is 0. The first-order valence-corrected chi connectivity index (χ1v) is 8.02. The van der Waals surface area contributed by atoms with Crippen molar-refractivity contribution in [2.75, 3.05) is 0 Å². The van der Waals surface area contributed by atoms with Crippen LogP contribution in [0.3, 0.4) is 0 Å². The predicted molar refractivity (Wildman–Crippen MR) is 84.8 cm³/mol. The SMILES string of the molecule is O=C(O)c1ccccc1CSc1csc2ccccc12. The Morgan fingerprint density at radius 3 is 2.70 bits per heavy atom. The first-order chi connectivity index (χ1) is 9.75. The summed E-state index contributed by atoms with van der Waals surface area (Å²) in [4.78, 5) is 12.4. The van der Waals surface area contributed by atoms with Gasteiger partial charge in [0.25, 0.3) is 0 Å². The molecule has 0 radical (unpaired) electrons. The standard InChI is InChI=1S/C16H12O2S2/c17-16(18)12-6-2-1-5-11(12)9-19-15-10-20-14-8-4-3-7-13(14)15/h1-8,10H,9H2,(H,17,18). The molecular weight excluding hydrogens is 288 g/mol. The average Bonchev–Trinajstić information content (AvgIpc) is 2.88. The zero-order valence-electron chi connectivity index (χ0n) is 10.6. The molecule has 0 aliphatic rings. The maximum absolute atomic E-state index is 11.2. The molecule has 0 amide bonds. The van der Waals surface area contributed by atoms with Gasteiger partial charge in [-0.3, -0.25) is 0 Å². The number of thiophene rings is 1. The fraction of sp³-hybridized carbons (Fsp3) is 0.0625. The topological polar surface area (TPSA) is 37.3 Å². The summed E-state index contributed by atoms with van der Waals surface area (Å²) in [5, 5.41) is 12.6. The first-order valence-electron chi connectivity index (χ1n) is 6.16. The maximum Gasteiger partial charge on any atom is 0.335 e. The molecule has 0 aliphatic heterocycles. The van der Waals surface area contributed by atoms with Crippen molar-refractivity contribution in [1.29, 1.82) is 0 Å². The second-order valence-electron chi connectivity index (χ2n) is 4.35. The van der Waals surface area contributed by atoms with Gasteiger partial charge in [0.05, 0.1) is 5.56 Å². The zero-order chi connectivity index (χ0) is 13.9. The van der Waals surface area contributed by atoms with Crippen molar-refractivity contribution >= 4 is 39.2 Å². The van der Waals surface area contributed by atoms with E-state index in [-0.39, 0.29) is 0 Å². The number of carboxylic acid groups (broad SMARTS) is 1. The molecule has 0 fully saturated rings. The van der Waals surface area contributed by atoms with E-state index in [4.69, 9.17) is 0 Å². The summed E-state index contributed by atoms with van der Waals surface area (Å²) in [6.45, 7) is 0. The second kappa shape index (κ2) is 5.69. The van der Waals surface area contributed by atoms with Gasteiger partial charge in [-0.2, -0.15) is 0 Å². The molecule has 20 heavy (non-hydrogen) atoms. The van der Waals surface area contributed by atoms with Gasteiger partial charge in [-0.25, -0.2) is 4.79 Å². The van der Waals surface area contributed by atoms with Gasteiger partial charge in [-0.15, -0.1) is 23.1 Å². The largest absolute Gasteiger partial charge is 0.478 e. The Morgan fingerprint density at radius 1 is 1.10 bits per heavy atom.